The van der Waals surface area contributed by atoms with Gasteiger partial charge in [-0.25, -0.2) is 0 Å². The van der Waals surface area contributed by atoms with Gasteiger partial charge >= 0.3 is 0 Å². The SMILES string of the molecule is O=C1NC(=O)c2ccc(I)cc2/C1=C/Nc1ccc(CN2CCCCC2CO)cc1. The number of halogens is 1. The Kier molecular flexibility index (Phi) is 6.50. The van der Waals surface area contributed by atoms with E-state index in [0.29, 0.717) is 16.7 Å². The van der Waals surface area contributed by atoms with Crippen LogP contribution in [0, 0.1) is 3.57 Å². The molecule has 4 rings (SSSR count). The average Bonchev–Trinajstić information content (AvgIpc) is 2.75. The third-order valence-corrected chi connectivity index (χ3v) is 6.34. The topological polar surface area (TPSA) is 81.7 Å². The van der Waals surface area contributed by atoms with Crippen LogP contribution >= 0.6 is 22.6 Å². The highest BCUT2D eigenvalue weighted by molar-refractivity contribution is 14.1. The summed E-state index contributed by atoms with van der Waals surface area (Å²) in [4.78, 5) is 26.8. The summed E-state index contributed by atoms with van der Waals surface area (Å²) in [5.41, 5.74) is 3.62. The Labute approximate surface area is 189 Å². The van der Waals surface area contributed by atoms with Crippen LogP contribution in [0.25, 0.3) is 5.57 Å². The molecule has 2 amide bonds. The Morgan fingerprint density at radius 3 is 2.67 bits per heavy atom. The van der Waals surface area contributed by atoms with E-state index in [2.05, 4.69) is 50.3 Å². The van der Waals surface area contributed by atoms with Crippen LogP contribution in [0.5, 0.6) is 0 Å². The Bertz CT molecular complexity index is 988. The first-order chi connectivity index (χ1) is 14.5. The fraction of sp³-hybridized carbons (Fsp3) is 0.304. The number of aliphatic hydroxyl groups is 1. The van der Waals surface area contributed by atoms with Crippen molar-refractivity contribution < 1.29 is 14.7 Å². The predicted octanol–water partition coefficient (Wildman–Crippen LogP) is 3.36. The Morgan fingerprint density at radius 1 is 1.10 bits per heavy atom. The van der Waals surface area contributed by atoms with Gasteiger partial charge in [0.2, 0.25) is 0 Å². The summed E-state index contributed by atoms with van der Waals surface area (Å²) in [6, 6.07) is 13.8. The molecule has 0 spiro atoms. The summed E-state index contributed by atoms with van der Waals surface area (Å²) in [6.07, 6.45) is 5.06. The fourth-order valence-electron chi connectivity index (χ4n) is 4.01. The van der Waals surface area contributed by atoms with Gasteiger partial charge in [0.15, 0.2) is 0 Å². The molecular weight excluding hydrogens is 493 g/mol. The minimum Gasteiger partial charge on any atom is -0.395 e. The minimum absolute atomic E-state index is 0.207. The van der Waals surface area contributed by atoms with Crippen LogP contribution in [-0.4, -0.2) is 41.0 Å². The highest BCUT2D eigenvalue weighted by Crippen LogP contribution is 2.26. The van der Waals surface area contributed by atoms with Gasteiger partial charge in [-0.05, 0) is 77.9 Å². The number of fused-ring (bicyclic) bond motifs is 1. The molecular formula is C23H24IN3O3. The van der Waals surface area contributed by atoms with Gasteiger partial charge in [-0.3, -0.25) is 19.8 Å². The van der Waals surface area contributed by atoms with Crippen molar-refractivity contribution in [2.45, 2.75) is 31.8 Å². The van der Waals surface area contributed by atoms with Crippen molar-refractivity contribution in [2.75, 3.05) is 18.5 Å². The first-order valence-corrected chi connectivity index (χ1v) is 11.2. The summed E-state index contributed by atoms with van der Waals surface area (Å²) in [6.45, 7) is 2.05. The Morgan fingerprint density at radius 2 is 1.90 bits per heavy atom. The van der Waals surface area contributed by atoms with Crippen molar-refractivity contribution in [3.63, 3.8) is 0 Å². The molecule has 0 bridgehead atoms. The normalized spacial score (nSPS) is 20.7. The van der Waals surface area contributed by atoms with Gasteiger partial charge in [-0.1, -0.05) is 18.6 Å². The number of amides is 2. The lowest BCUT2D eigenvalue weighted by Crippen LogP contribution is -2.41. The summed E-state index contributed by atoms with van der Waals surface area (Å²) in [5.74, 6) is -0.773. The lowest BCUT2D eigenvalue weighted by molar-refractivity contribution is -0.114. The zero-order valence-corrected chi connectivity index (χ0v) is 18.7. The molecule has 1 saturated heterocycles. The van der Waals surface area contributed by atoms with Crippen molar-refractivity contribution in [1.82, 2.24) is 10.2 Å². The lowest BCUT2D eigenvalue weighted by atomic mass is 9.95. The molecule has 2 heterocycles. The van der Waals surface area contributed by atoms with Crippen molar-refractivity contribution in [3.05, 3.63) is 68.9 Å². The van der Waals surface area contributed by atoms with Gasteiger partial charge in [0.05, 0.1) is 12.2 Å². The van der Waals surface area contributed by atoms with E-state index in [1.54, 1.807) is 12.3 Å². The maximum atomic E-state index is 12.4. The van der Waals surface area contributed by atoms with Gasteiger partial charge in [0.25, 0.3) is 11.8 Å². The van der Waals surface area contributed by atoms with Gasteiger partial charge in [-0.15, -0.1) is 0 Å². The van der Waals surface area contributed by atoms with E-state index in [1.807, 2.05) is 24.3 Å². The smallest absolute Gasteiger partial charge is 0.260 e. The van der Waals surface area contributed by atoms with E-state index >= 15 is 0 Å². The first-order valence-electron chi connectivity index (χ1n) is 10.1. The van der Waals surface area contributed by atoms with Crippen LogP contribution in [0.2, 0.25) is 0 Å². The molecule has 7 heteroatoms. The van der Waals surface area contributed by atoms with E-state index in [-0.39, 0.29) is 18.6 Å². The first kappa shape index (κ1) is 21.0. The summed E-state index contributed by atoms with van der Waals surface area (Å²) in [7, 11) is 0. The molecule has 6 nitrogen and oxygen atoms in total. The van der Waals surface area contributed by atoms with Crippen molar-refractivity contribution in [1.29, 1.82) is 0 Å². The highest BCUT2D eigenvalue weighted by Gasteiger charge is 2.27. The summed E-state index contributed by atoms with van der Waals surface area (Å²) >= 11 is 2.17. The Hall–Kier alpha value is -2.23. The van der Waals surface area contributed by atoms with Gasteiger partial charge in [0.1, 0.15) is 0 Å². The zero-order valence-electron chi connectivity index (χ0n) is 16.5. The predicted molar refractivity (Wildman–Crippen MR) is 125 cm³/mol. The van der Waals surface area contributed by atoms with Crippen molar-refractivity contribution in [3.8, 4) is 0 Å². The number of hydrogen-bond donors (Lipinski definition) is 3. The standard InChI is InChI=1S/C23H24IN3O3/c24-16-6-9-19-20(11-16)21(23(30)26-22(19)29)12-25-17-7-4-15(5-8-17)13-27-10-2-1-3-18(27)14-28/h4-9,11-12,18,25,28H,1-3,10,13-14H2,(H,26,29,30)/b21-12-. The van der Waals surface area contributed by atoms with Crippen LogP contribution in [0.4, 0.5) is 5.69 Å². The number of benzene rings is 2. The number of likely N-dealkylation sites (tertiary alicyclic amines) is 1. The monoisotopic (exact) mass is 517 g/mol. The van der Waals surface area contributed by atoms with Crippen molar-refractivity contribution >= 4 is 45.7 Å². The molecule has 2 aromatic rings. The molecule has 3 N–H and O–H groups in total. The number of aliphatic hydroxyl groups excluding tert-OH is 1. The molecule has 1 fully saturated rings. The maximum absolute atomic E-state index is 12.4. The number of nitrogens with one attached hydrogen (secondary N) is 2. The van der Waals surface area contributed by atoms with Crippen LogP contribution < -0.4 is 10.6 Å². The quantitative estimate of drug-likeness (QED) is 0.322. The van der Waals surface area contributed by atoms with Gasteiger partial charge < -0.3 is 10.4 Å². The second kappa shape index (κ2) is 9.28. The molecule has 1 atom stereocenters. The van der Waals surface area contributed by atoms with Crippen LogP contribution in [-0.2, 0) is 11.3 Å². The number of carbonyl (C=O) groups excluding carboxylic acids is 2. The number of imide groups is 1. The molecule has 2 aliphatic heterocycles. The second-order valence-electron chi connectivity index (χ2n) is 7.68. The number of anilines is 1. The number of piperidine rings is 1. The molecule has 0 aromatic heterocycles. The van der Waals surface area contributed by atoms with E-state index in [4.69, 9.17) is 0 Å². The summed E-state index contributed by atoms with van der Waals surface area (Å²) in [5, 5.41) is 15.2. The number of nitrogens with zero attached hydrogens (tertiary/aromatic N) is 1. The number of hydrogen-bond acceptors (Lipinski definition) is 5. The fourth-order valence-corrected chi connectivity index (χ4v) is 4.50. The van der Waals surface area contributed by atoms with Crippen LogP contribution in [0.1, 0.15) is 40.7 Å². The average molecular weight is 517 g/mol. The van der Waals surface area contributed by atoms with Crippen LogP contribution in [0.15, 0.2) is 48.7 Å². The molecule has 2 aromatic carbocycles. The van der Waals surface area contributed by atoms with Gasteiger partial charge in [-0.2, -0.15) is 0 Å². The third kappa shape index (κ3) is 4.58. The largest absolute Gasteiger partial charge is 0.395 e. The molecule has 0 radical (unpaired) electrons. The Balaban J connectivity index is 1.48. The number of rotatable bonds is 5. The van der Waals surface area contributed by atoms with E-state index in [1.165, 1.54) is 18.4 Å². The molecule has 0 saturated carbocycles. The minimum atomic E-state index is -0.404. The molecule has 1 unspecified atom stereocenters. The highest BCUT2D eigenvalue weighted by atomic mass is 127. The molecule has 2 aliphatic rings. The number of carbonyl (C=O) groups is 2. The van der Waals surface area contributed by atoms with Gasteiger partial charge in [0, 0.05) is 39.2 Å². The zero-order chi connectivity index (χ0) is 21.1. The maximum Gasteiger partial charge on any atom is 0.260 e. The van der Waals surface area contributed by atoms with E-state index in [9.17, 15) is 14.7 Å². The molecule has 0 aliphatic carbocycles. The lowest BCUT2D eigenvalue weighted by Gasteiger charge is -2.34. The van der Waals surface area contributed by atoms with Crippen LogP contribution in [0.3, 0.4) is 0 Å². The second-order valence-corrected chi connectivity index (χ2v) is 8.92. The summed E-state index contributed by atoms with van der Waals surface area (Å²) < 4.78 is 0.961. The molecule has 30 heavy (non-hydrogen) atoms. The molecule has 156 valence electrons. The van der Waals surface area contributed by atoms with E-state index in [0.717, 1.165) is 28.8 Å². The van der Waals surface area contributed by atoms with Crippen molar-refractivity contribution in [2.24, 2.45) is 0 Å². The third-order valence-electron chi connectivity index (χ3n) is 5.67. The van der Waals surface area contributed by atoms with E-state index < -0.39 is 5.91 Å².